The molecule has 0 unspecified atom stereocenters. The van der Waals surface area contributed by atoms with Gasteiger partial charge in [-0.1, -0.05) is 13.0 Å². The third-order valence-electron chi connectivity index (χ3n) is 8.58. The lowest BCUT2D eigenvalue weighted by Gasteiger charge is -2.50. The number of fused-ring (bicyclic) bond motifs is 9. The molecule has 206 valence electrons. The van der Waals surface area contributed by atoms with Gasteiger partial charge in [-0.2, -0.15) is 13.9 Å². The summed E-state index contributed by atoms with van der Waals surface area (Å²) in [6.07, 6.45) is 6.83. The Kier molecular flexibility index (Phi) is 5.30. The monoisotopic (exact) mass is 547 g/mol. The smallest absolute Gasteiger partial charge is 0.387 e. The molecule has 1 fully saturated rings. The number of aromatic nitrogens is 5. The molecule has 2 bridgehead atoms. The standard InChI is InChI=1S/C28H27F2N7O3/c1-27(13-38)11-28(31,12-27)25-32-9-14(10-33-25)17-6-7-37-23(34-17)21-16-8-18(22(21)35-37)36(2)24(39)15-4-3-5-19(20(15)16)40-26(29)30/h3-7,9-10,16,18,26,38H,8,11-13,31H2,1-2H3/t16-,18-,27?,28?/m1/s1. The van der Waals surface area contributed by atoms with E-state index < -0.39 is 18.1 Å². The molecule has 10 nitrogen and oxygen atoms in total. The van der Waals surface area contributed by atoms with Gasteiger partial charge in [0, 0.05) is 60.4 Å². The lowest BCUT2D eigenvalue weighted by Crippen LogP contribution is -2.56. The van der Waals surface area contributed by atoms with Crippen LogP contribution in [0.25, 0.3) is 16.9 Å². The van der Waals surface area contributed by atoms with E-state index in [0.29, 0.717) is 58.8 Å². The van der Waals surface area contributed by atoms with Crippen LogP contribution in [-0.4, -0.2) is 60.7 Å². The van der Waals surface area contributed by atoms with Crippen LogP contribution in [0.4, 0.5) is 8.78 Å². The summed E-state index contributed by atoms with van der Waals surface area (Å²) in [6, 6.07) is 6.13. The highest BCUT2D eigenvalue weighted by atomic mass is 19.3. The van der Waals surface area contributed by atoms with Gasteiger partial charge in [-0.15, -0.1) is 0 Å². The van der Waals surface area contributed by atoms with Gasteiger partial charge >= 0.3 is 6.61 Å². The summed E-state index contributed by atoms with van der Waals surface area (Å²) in [5.41, 5.74) is 9.71. The van der Waals surface area contributed by atoms with Crippen molar-refractivity contribution < 1.29 is 23.4 Å². The van der Waals surface area contributed by atoms with Crippen molar-refractivity contribution in [1.29, 1.82) is 0 Å². The Morgan fingerprint density at radius 1 is 1.20 bits per heavy atom. The molecule has 0 spiro atoms. The number of rotatable bonds is 5. The van der Waals surface area contributed by atoms with Crippen molar-refractivity contribution in [3.05, 3.63) is 71.1 Å². The Bertz CT molecular complexity index is 1670. The van der Waals surface area contributed by atoms with Crippen LogP contribution in [-0.2, 0) is 5.54 Å². The number of nitrogens with two attached hydrogens (primary N) is 1. The Morgan fingerprint density at radius 2 is 1.95 bits per heavy atom. The first-order valence-corrected chi connectivity index (χ1v) is 13.1. The molecule has 0 saturated heterocycles. The Labute approximate surface area is 227 Å². The molecular weight excluding hydrogens is 520 g/mol. The molecular formula is C28H27F2N7O3. The number of ether oxygens (including phenoxy) is 1. The molecule has 2 atom stereocenters. The van der Waals surface area contributed by atoms with E-state index in [2.05, 4.69) is 9.97 Å². The van der Waals surface area contributed by atoms with Crippen LogP contribution in [0, 0.1) is 5.41 Å². The molecule has 3 N–H and O–H groups in total. The molecule has 2 aliphatic carbocycles. The Hall–Kier alpha value is -4.03. The summed E-state index contributed by atoms with van der Waals surface area (Å²) in [7, 11) is 1.70. The predicted molar refractivity (Wildman–Crippen MR) is 139 cm³/mol. The zero-order valence-electron chi connectivity index (χ0n) is 21.9. The molecule has 12 heteroatoms. The minimum Gasteiger partial charge on any atom is -0.434 e. The quantitative estimate of drug-likeness (QED) is 0.389. The lowest BCUT2D eigenvalue weighted by atomic mass is 9.58. The van der Waals surface area contributed by atoms with Crippen LogP contribution in [0.5, 0.6) is 5.75 Å². The highest BCUT2D eigenvalue weighted by Crippen LogP contribution is 2.53. The fraction of sp³-hybridized carbons (Fsp3) is 0.393. The van der Waals surface area contributed by atoms with E-state index in [1.807, 2.05) is 6.92 Å². The van der Waals surface area contributed by atoms with E-state index in [1.165, 1.54) is 6.07 Å². The number of hydrogen-bond acceptors (Lipinski definition) is 8. The number of halogens is 2. The molecule has 1 aromatic carbocycles. The normalized spacial score (nSPS) is 27.0. The van der Waals surface area contributed by atoms with Gasteiger partial charge in [0.05, 0.1) is 23.0 Å². The lowest BCUT2D eigenvalue weighted by molar-refractivity contribution is -0.0505. The maximum absolute atomic E-state index is 13.3. The average molecular weight is 548 g/mol. The van der Waals surface area contributed by atoms with Gasteiger partial charge in [0.15, 0.2) is 5.65 Å². The highest BCUT2D eigenvalue weighted by molar-refractivity contribution is 5.98. The van der Waals surface area contributed by atoms with Gasteiger partial charge in [0.25, 0.3) is 5.91 Å². The molecule has 40 heavy (non-hydrogen) atoms. The minimum absolute atomic E-state index is 0.0174. The Balaban J connectivity index is 1.30. The van der Waals surface area contributed by atoms with Gasteiger partial charge in [-0.25, -0.2) is 19.5 Å². The third-order valence-corrected chi connectivity index (χ3v) is 8.58. The van der Waals surface area contributed by atoms with Crippen molar-refractivity contribution in [2.75, 3.05) is 13.7 Å². The van der Waals surface area contributed by atoms with Gasteiger partial charge in [0.2, 0.25) is 0 Å². The first-order valence-electron chi connectivity index (χ1n) is 13.1. The molecule has 1 amide bonds. The fourth-order valence-electron chi connectivity index (χ4n) is 6.84. The van der Waals surface area contributed by atoms with Crippen molar-refractivity contribution in [3.8, 4) is 17.0 Å². The van der Waals surface area contributed by atoms with Crippen molar-refractivity contribution in [3.63, 3.8) is 0 Å². The van der Waals surface area contributed by atoms with Gasteiger partial charge in [0.1, 0.15) is 11.6 Å². The van der Waals surface area contributed by atoms with E-state index in [9.17, 15) is 18.7 Å². The number of carbonyl (C=O) groups is 1. The summed E-state index contributed by atoms with van der Waals surface area (Å²) in [5, 5.41) is 14.3. The van der Waals surface area contributed by atoms with Crippen LogP contribution >= 0.6 is 0 Å². The Morgan fingerprint density at radius 3 is 2.65 bits per heavy atom. The number of nitrogens with zero attached hydrogens (tertiary/aromatic N) is 6. The molecule has 1 aliphatic heterocycles. The van der Waals surface area contributed by atoms with E-state index >= 15 is 0 Å². The minimum atomic E-state index is -3.03. The van der Waals surface area contributed by atoms with Crippen molar-refractivity contribution in [1.82, 2.24) is 29.5 Å². The van der Waals surface area contributed by atoms with E-state index in [-0.39, 0.29) is 29.7 Å². The number of aliphatic hydroxyl groups is 1. The zero-order valence-corrected chi connectivity index (χ0v) is 21.9. The molecule has 4 aromatic rings. The fourth-order valence-corrected chi connectivity index (χ4v) is 6.84. The number of alkyl halides is 2. The second-order valence-corrected chi connectivity index (χ2v) is 11.5. The third kappa shape index (κ3) is 3.55. The average Bonchev–Trinajstić information content (AvgIpc) is 3.45. The van der Waals surface area contributed by atoms with Crippen molar-refractivity contribution >= 4 is 11.6 Å². The largest absolute Gasteiger partial charge is 0.434 e. The number of benzene rings is 1. The van der Waals surface area contributed by atoms with Crippen LogP contribution in [0.15, 0.2) is 42.9 Å². The molecule has 0 radical (unpaired) electrons. The molecule has 1 saturated carbocycles. The second-order valence-electron chi connectivity index (χ2n) is 11.5. The number of amides is 1. The highest BCUT2D eigenvalue weighted by Gasteiger charge is 2.52. The molecule has 3 aliphatic rings. The number of aliphatic hydroxyl groups excluding tert-OH is 1. The summed E-state index contributed by atoms with van der Waals surface area (Å²) in [5.74, 6) is -0.167. The van der Waals surface area contributed by atoms with Gasteiger partial charge < -0.3 is 20.5 Å². The van der Waals surface area contributed by atoms with E-state index in [0.717, 1.165) is 5.56 Å². The molecule has 4 heterocycles. The maximum atomic E-state index is 13.3. The van der Waals surface area contributed by atoms with E-state index in [1.54, 1.807) is 53.3 Å². The molecule has 3 aromatic heterocycles. The second kappa shape index (κ2) is 8.48. The topological polar surface area (TPSA) is 132 Å². The van der Waals surface area contributed by atoms with Crippen LogP contribution in [0.2, 0.25) is 0 Å². The first-order chi connectivity index (χ1) is 19.1. The summed E-state index contributed by atoms with van der Waals surface area (Å²) in [4.78, 5) is 28.9. The first kappa shape index (κ1) is 25.0. The number of hydrogen-bond donors (Lipinski definition) is 2. The molecule has 7 rings (SSSR count). The summed E-state index contributed by atoms with van der Waals surface area (Å²) < 4.78 is 33.2. The van der Waals surface area contributed by atoms with Gasteiger partial charge in [-0.05, 0) is 42.9 Å². The zero-order chi connectivity index (χ0) is 28.0. The van der Waals surface area contributed by atoms with Gasteiger partial charge in [-0.3, -0.25) is 4.79 Å². The van der Waals surface area contributed by atoms with Crippen molar-refractivity contribution in [2.24, 2.45) is 11.1 Å². The maximum Gasteiger partial charge on any atom is 0.387 e. The van der Waals surface area contributed by atoms with E-state index in [4.69, 9.17) is 20.6 Å². The number of carbonyl (C=O) groups excluding carboxylic acids is 1. The summed E-state index contributed by atoms with van der Waals surface area (Å²) in [6.45, 7) is -0.975. The van der Waals surface area contributed by atoms with Crippen LogP contribution in [0.3, 0.4) is 0 Å². The van der Waals surface area contributed by atoms with Crippen LogP contribution in [0.1, 0.15) is 71.1 Å². The summed E-state index contributed by atoms with van der Waals surface area (Å²) >= 11 is 0. The van der Waals surface area contributed by atoms with Crippen molar-refractivity contribution in [2.45, 2.75) is 50.3 Å². The predicted octanol–water partition coefficient (Wildman–Crippen LogP) is 3.40. The SMILES string of the molecule is CN1C(=O)c2cccc(OC(F)F)c2[C@H]2C[C@@H]1c1nn3ccc(-c4cnc(C5(N)CC(C)(CO)C5)nc4)nc3c12. The van der Waals surface area contributed by atoms with Crippen LogP contribution < -0.4 is 10.5 Å².